The molecule has 19 heavy (non-hydrogen) atoms. The van der Waals surface area contributed by atoms with Gasteiger partial charge in [-0.05, 0) is 19.1 Å². The average molecular weight is 263 g/mol. The van der Waals surface area contributed by atoms with Crippen LogP contribution in [0.3, 0.4) is 0 Å². The Morgan fingerprint density at radius 3 is 2.84 bits per heavy atom. The second-order valence-corrected chi connectivity index (χ2v) is 3.89. The van der Waals surface area contributed by atoms with E-state index in [1.165, 1.54) is 18.2 Å². The summed E-state index contributed by atoms with van der Waals surface area (Å²) in [5.41, 5.74) is 0.0842. The maximum Gasteiger partial charge on any atom is 0.344 e. The third-order valence-electron chi connectivity index (χ3n) is 2.43. The first-order valence-corrected chi connectivity index (χ1v) is 5.49. The van der Waals surface area contributed by atoms with Gasteiger partial charge in [0.25, 0.3) is 5.69 Å². The van der Waals surface area contributed by atoms with Crippen LogP contribution < -0.4 is 5.32 Å². The van der Waals surface area contributed by atoms with Crippen molar-refractivity contribution in [1.82, 2.24) is 0 Å². The first kappa shape index (κ1) is 14.4. The normalized spacial score (nSPS) is 11.2. The molecule has 1 atom stereocenters. The number of ether oxygens (including phenoxy) is 1. The second kappa shape index (κ2) is 6.35. The number of carbonyl (C=O) groups excluding carboxylic acids is 1. The number of nitrogens with one attached hydrogen (secondary N) is 1. The van der Waals surface area contributed by atoms with Gasteiger partial charge in [-0.25, -0.2) is 4.79 Å². The molecule has 1 rings (SSSR count). The highest BCUT2D eigenvalue weighted by atomic mass is 16.6. The van der Waals surface area contributed by atoms with Crippen LogP contribution in [0.5, 0.6) is 0 Å². The van der Waals surface area contributed by atoms with Crippen molar-refractivity contribution in [1.29, 1.82) is 5.26 Å². The molecule has 1 aromatic rings. The Morgan fingerprint density at radius 2 is 2.32 bits per heavy atom. The van der Waals surface area contributed by atoms with Crippen LogP contribution in [0.1, 0.15) is 17.3 Å². The number of esters is 1. The lowest BCUT2D eigenvalue weighted by Crippen LogP contribution is -2.11. The molecule has 1 N–H and O–H groups in total. The lowest BCUT2D eigenvalue weighted by atomic mass is 10.1. The fraction of sp³-hybridized carbons (Fsp3) is 0.333. The maximum absolute atomic E-state index is 11.5. The van der Waals surface area contributed by atoms with E-state index in [1.807, 2.05) is 0 Å². The summed E-state index contributed by atoms with van der Waals surface area (Å²) in [7, 11) is 1.16. The number of rotatable bonds is 5. The zero-order chi connectivity index (χ0) is 14.4. The SMILES string of the molecule is COC(=O)c1cc(NCC(C)C#N)ccc1[N+](=O)[O-]. The van der Waals surface area contributed by atoms with Crippen LogP contribution in [0.4, 0.5) is 11.4 Å². The summed E-state index contributed by atoms with van der Waals surface area (Å²) in [4.78, 5) is 21.6. The topological polar surface area (TPSA) is 105 Å². The highest BCUT2D eigenvalue weighted by Gasteiger charge is 2.21. The van der Waals surface area contributed by atoms with E-state index >= 15 is 0 Å². The third-order valence-corrected chi connectivity index (χ3v) is 2.43. The number of methoxy groups -OCH3 is 1. The zero-order valence-corrected chi connectivity index (χ0v) is 10.5. The van der Waals surface area contributed by atoms with Gasteiger partial charge in [0.1, 0.15) is 5.56 Å². The van der Waals surface area contributed by atoms with Crippen molar-refractivity contribution >= 4 is 17.3 Å². The Hall–Kier alpha value is -2.62. The molecule has 1 aromatic carbocycles. The first-order valence-electron chi connectivity index (χ1n) is 5.49. The summed E-state index contributed by atoms with van der Waals surface area (Å²) >= 11 is 0. The highest BCUT2D eigenvalue weighted by molar-refractivity contribution is 5.95. The van der Waals surface area contributed by atoms with Crippen molar-refractivity contribution in [3.8, 4) is 6.07 Å². The predicted octanol–water partition coefficient (Wildman–Crippen LogP) is 1.95. The van der Waals surface area contributed by atoms with Crippen molar-refractivity contribution in [2.75, 3.05) is 19.0 Å². The largest absolute Gasteiger partial charge is 0.465 e. The second-order valence-electron chi connectivity index (χ2n) is 3.89. The lowest BCUT2D eigenvalue weighted by Gasteiger charge is -2.09. The van der Waals surface area contributed by atoms with Crippen LogP contribution >= 0.6 is 0 Å². The summed E-state index contributed by atoms with van der Waals surface area (Å²) in [6.07, 6.45) is 0. The highest BCUT2D eigenvalue weighted by Crippen LogP contribution is 2.23. The molecule has 0 spiro atoms. The van der Waals surface area contributed by atoms with Gasteiger partial charge in [0, 0.05) is 18.3 Å². The number of anilines is 1. The summed E-state index contributed by atoms with van der Waals surface area (Å²) in [5, 5.41) is 22.4. The molecule has 7 nitrogen and oxygen atoms in total. The summed E-state index contributed by atoms with van der Waals surface area (Å²) < 4.78 is 4.51. The Balaban J connectivity index is 3.02. The fourth-order valence-corrected chi connectivity index (χ4v) is 1.40. The number of nitro groups is 1. The average Bonchev–Trinajstić information content (AvgIpc) is 2.43. The van der Waals surface area contributed by atoms with E-state index in [2.05, 4.69) is 16.1 Å². The summed E-state index contributed by atoms with van der Waals surface area (Å²) in [5.74, 6) is -0.986. The van der Waals surface area contributed by atoms with Crippen LogP contribution in [0.2, 0.25) is 0 Å². The molecule has 0 aliphatic rings. The molecule has 0 aliphatic carbocycles. The van der Waals surface area contributed by atoms with E-state index in [9.17, 15) is 14.9 Å². The molecular formula is C12H13N3O4. The molecule has 0 heterocycles. The predicted molar refractivity (Wildman–Crippen MR) is 67.7 cm³/mol. The number of nitrogens with zero attached hydrogens (tertiary/aromatic N) is 2. The van der Waals surface area contributed by atoms with Crippen LogP contribution in [0.25, 0.3) is 0 Å². The van der Waals surface area contributed by atoms with Crippen LogP contribution in [0, 0.1) is 27.4 Å². The molecule has 0 bridgehead atoms. The Kier molecular flexibility index (Phi) is 4.83. The van der Waals surface area contributed by atoms with Gasteiger partial charge in [0.05, 0.1) is 24.0 Å². The minimum absolute atomic E-state index is 0.123. The summed E-state index contributed by atoms with van der Waals surface area (Å²) in [6, 6.07) is 6.10. The molecule has 0 radical (unpaired) electrons. The number of hydrogen-bond donors (Lipinski definition) is 1. The Morgan fingerprint density at radius 1 is 1.63 bits per heavy atom. The monoisotopic (exact) mass is 263 g/mol. The van der Waals surface area contributed by atoms with Gasteiger partial charge in [0.2, 0.25) is 0 Å². The number of carbonyl (C=O) groups is 1. The molecule has 0 saturated carbocycles. The van der Waals surface area contributed by atoms with Gasteiger partial charge in [-0.3, -0.25) is 10.1 Å². The first-order chi connectivity index (χ1) is 8.99. The van der Waals surface area contributed by atoms with Crippen molar-refractivity contribution in [2.24, 2.45) is 5.92 Å². The molecule has 0 amide bonds. The fourth-order valence-electron chi connectivity index (χ4n) is 1.40. The van der Waals surface area contributed by atoms with Gasteiger partial charge in [-0.2, -0.15) is 5.26 Å². The lowest BCUT2D eigenvalue weighted by molar-refractivity contribution is -0.385. The number of nitro benzene ring substituents is 1. The number of hydrogen-bond acceptors (Lipinski definition) is 6. The van der Waals surface area contributed by atoms with Gasteiger partial charge in [0.15, 0.2) is 0 Å². The molecule has 0 fully saturated rings. The number of benzene rings is 1. The van der Waals surface area contributed by atoms with Gasteiger partial charge in [-0.15, -0.1) is 0 Å². The van der Waals surface area contributed by atoms with Crippen LogP contribution in [0.15, 0.2) is 18.2 Å². The van der Waals surface area contributed by atoms with Gasteiger partial charge in [-0.1, -0.05) is 0 Å². The van der Waals surface area contributed by atoms with Crippen molar-refractivity contribution in [2.45, 2.75) is 6.92 Å². The number of nitriles is 1. The molecule has 100 valence electrons. The molecule has 0 aliphatic heterocycles. The van der Waals surface area contributed by atoms with E-state index in [1.54, 1.807) is 6.92 Å². The van der Waals surface area contributed by atoms with E-state index in [4.69, 9.17) is 5.26 Å². The Labute approximate surface area is 109 Å². The van der Waals surface area contributed by atoms with Gasteiger partial charge < -0.3 is 10.1 Å². The molecular weight excluding hydrogens is 250 g/mol. The Bertz CT molecular complexity index is 536. The zero-order valence-electron chi connectivity index (χ0n) is 10.5. The minimum Gasteiger partial charge on any atom is -0.465 e. The molecule has 0 saturated heterocycles. The van der Waals surface area contributed by atoms with Crippen molar-refractivity contribution in [3.63, 3.8) is 0 Å². The van der Waals surface area contributed by atoms with E-state index in [0.29, 0.717) is 12.2 Å². The summed E-state index contributed by atoms with van der Waals surface area (Å²) in [6.45, 7) is 2.12. The third kappa shape index (κ3) is 3.67. The minimum atomic E-state index is -0.774. The van der Waals surface area contributed by atoms with Gasteiger partial charge >= 0.3 is 5.97 Å². The van der Waals surface area contributed by atoms with Crippen LogP contribution in [-0.4, -0.2) is 24.5 Å². The molecule has 7 heteroatoms. The molecule has 0 aromatic heterocycles. The van der Waals surface area contributed by atoms with Crippen molar-refractivity contribution in [3.05, 3.63) is 33.9 Å². The standard InChI is InChI=1S/C12H13N3O4/c1-8(6-13)7-14-9-3-4-11(15(17)18)10(5-9)12(16)19-2/h3-5,8,14H,7H2,1-2H3. The van der Waals surface area contributed by atoms with E-state index < -0.39 is 10.9 Å². The van der Waals surface area contributed by atoms with E-state index in [0.717, 1.165) is 7.11 Å². The maximum atomic E-state index is 11.5. The smallest absolute Gasteiger partial charge is 0.344 e. The van der Waals surface area contributed by atoms with Crippen LogP contribution in [-0.2, 0) is 4.74 Å². The molecule has 1 unspecified atom stereocenters. The van der Waals surface area contributed by atoms with E-state index in [-0.39, 0.29) is 17.2 Å². The van der Waals surface area contributed by atoms with Crippen molar-refractivity contribution < 1.29 is 14.5 Å². The quantitative estimate of drug-likeness (QED) is 0.494.